The van der Waals surface area contributed by atoms with Crippen molar-refractivity contribution in [3.05, 3.63) is 0 Å². The number of ether oxygens (including phenoxy) is 2. The first-order chi connectivity index (χ1) is 7.34. The first kappa shape index (κ1) is 12.4. The molecular weight excluding hydrogens is 196 g/mol. The topological polar surface area (TPSA) is 50.8 Å². The zero-order chi connectivity index (χ0) is 10.9. The molecule has 1 saturated heterocycles. The van der Waals surface area contributed by atoms with Gasteiger partial charge in [0.25, 0.3) is 0 Å². The summed E-state index contributed by atoms with van der Waals surface area (Å²) in [7, 11) is 1.66. The van der Waals surface area contributed by atoms with Crippen LogP contribution >= 0.6 is 0 Å². The highest BCUT2D eigenvalue weighted by atomic mass is 16.5. The van der Waals surface area contributed by atoms with Gasteiger partial charge in [-0.2, -0.15) is 0 Å². The molecule has 88 valence electrons. The number of carbonyl (C=O) groups excluding carboxylic acids is 1. The summed E-state index contributed by atoms with van der Waals surface area (Å²) in [5.74, 6) is 0.193. The zero-order valence-electron chi connectivity index (χ0n) is 9.33. The van der Waals surface area contributed by atoms with Gasteiger partial charge >= 0.3 is 0 Å². The second-order valence-electron chi connectivity index (χ2n) is 3.52. The first-order valence-electron chi connectivity index (χ1n) is 5.40. The molecule has 0 saturated carbocycles. The molecule has 1 fully saturated rings. The lowest BCUT2D eigenvalue weighted by Crippen LogP contribution is -2.48. The smallest absolute Gasteiger partial charge is 0.236 e. The third-order valence-electron chi connectivity index (χ3n) is 2.34. The molecule has 0 aromatic carbocycles. The van der Waals surface area contributed by atoms with E-state index in [9.17, 15) is 4.79 Å². The van der Waals surface area contributed by atoms with Crippen LogP contribution in [-0.2, 0) is 14.3 Å². The number of rotatable bonds is 7. The highest BCUT2D eigenvalue weighted by molar-refractivity contribution is 5.78. The molecule has 0 aliphatic carbocycles. The summed E-state index contributed by atoms with van der Waals surface area (Å²) in [6, 6.07) is 0. The Hall–Kier alpha value is -0.650. The SMILES string of the molecule is COCCOCCCN1CCNCC1=O. The van der Waals surface area contributed by atoms with Crippen LogP contribution in [0.1, 0.15) is 6.42 Å². The fourth-order valence-electron chi connectivity index (χ4n) is 1.48. The van der Waals surface area contributed by atoms with Crippen LogP contribution in [-0.4, -0.2) is 63.9 Å². The van der Waals surface area contributed by atoms with E-state index in [0.717, 1.165) is 26.1 Å². The van der Waals surface area contributed by atoms with E-state index in [1.165, 1.54) is 0 Å². The number of hydrogen-bond acceptors (Lipinski definition) is 4. The molecule has 0 aromatic rings. The molecule has 15 heavy (non-hydrogen) atoms. The minimum Gasteiger partial charge on any atom is -0.382 e. The van der Waals surface area contributed by atoms with Crippen LogP contribution in [0.4, 0.5) is 0 Å². The molecule has 1 heterocycles. The minimum atomic E-state index is 0.193. The number of amides is 1. The van der Waals surface area contributed by atoms with Crippen molar-refractivity contribution in [3.63, 3.8) is 0 Å². The first-order valence-corrected chi connectivity index (χ1v) is 5.40. The highest BCUT2D eigenvalue weighted by Crippen LogP contribution is 1.96. The molecular formula is C10H20N2O3. The maximum absolute atomic E-state index is 11.4. The van der Waals surface area contributed by atoms with Gasteiger partial charge in [-0.1, -0.05) is 0 Å². The van der Waals surface area contributed by atoms with Crippen LogP contribution in [0.2, 0.25) is 0 Å². The number of nitrogens with one attached hydrogen (secondary N) is 1. The van der Waals surface area contributed by atoms with Crippen LogP contribution in [0.5, 0.6) is 0 Å². The Morgan fingerprint density at radius 3 is 3.00 bits per heavy atom. The molecule has 5 heteroatoms. The van der Waals surface area contributed by atoms with Crippen molar-refractivity contribution in [2.75, 3.05) is 53.1 Å². The van der Waals surface area contributed by atoms with Crippen LogP contribution in [0.3, 0.4) is 0 Å². The number of piperazine rings is 1. The fraction of sp³-hybridized carbons (Fsp3) is 0.900. The van der Waals surface area contributed by atoms with Gasteiger partial charge in [-0.15, -0.1) is 0 Å². The van der Waals surface area contributed by atoms with Crippen LogP contribution in [0.15, 0.2) is 0 Å². The number of hydrogen-bond donors (Lipinski definition) is 1. The van der Waals surface area contributed by atoms with Gasteiger partial charge in [-0.3, -0.25) is 4.79 Å². The summed E-state index contributed by atoms with van der Waals surface area (Å²) < 4.78 is 10.2. The van der Waals surface area contributed by atoms with Crippen molar-refractivity contribution in [2.24, 2.45) is 0 Å². The number of methoxy groups -OCH3 is 1. The van der Waals surface area contributed by atoms with Crippen LogP contribution in [0, 0.1) is 0 Å². The summed E-state index contributed by atoms with van der Waals surface area (Å²) in [6.07, 6.45) is 0.898. The Labute approximate surface area is 90.7 Å². The van der Waals surface area contributed by atoms with E-state index in [-0.39, 0.29) is 5.91 Å². The van der Waals surface area contributed by atoms with Gasteiger partial charge < -0.3 is 19.7 Å². The fourth-order valence-corrected chi connectivity index (χ4v) is 1.48. The monoisotopic (exact) mass is 216 g/mol. The largest absolute Gasteiger partial charge is 0.382 e. The molecule has 0 aromatic heterocycles. The lowest BCUT2D eigenvalue weighted by Gasteiger charge is -2.27. The van der Waals surface area contributed by atoms with E-state index in [0.29, 0.717) is 26.4 Å². The molecule has 5 nitrogen and oxygen atoms in total. The maximum Gasteiger partial charge on any atom is 0.236 e. The Kier molecular flexibility index (Phi) is 6.31. The van der Waals surface area contributed by atoms with Gasteiger partial charge in [0.2, 0.25) is 5.91 Å². The molecule has 0 unspecified atom stereocenters. The number of nitrogens with zero attached hydrogens (tertiary/aromatic N) is 1. The standard InChI is InChI=1S/C10H20N2O3/c1-14-7-8-15-6-2-4-12-5-3-11-9-10(12)13/h11H,2-9H2,1H3. The molecule has 0 bridgehead atoms. The van der Waals surface area contributed by atoms with Crippen molar-refractivity contribution in [1.29, 1.82) is 0 Å². The van der Waals surface area contributed by atoms with Crippen molar-refractivity contribution in [1.82, 2.24) is 10.2 Å². The molecule has 0 radical (unpaired) electrons. The molecule has 1 N–H and O–H groups in total. The Morgan fingerprint density at radius 1 is 1.40 bits per heavy atom. The van der Waals surface area contributed by atoms with Crippen molar-refractivity contribution in [3.8, 4) is 0 Å². The normalized spacial score (nSPS) is 17.1. The van der Waals surface area contributed by atoms with Gasteiger partial charge in [0.05, 0.1) is 19.8 Å². The van der Waals surface area contributed by atoms with Gasteiger partial charge in [-0.25, -0.2) is 0 Å². The summed E-state index contributed by atoms with van der Waals surface area (Å²) in [6.45, 7) is 4.95. The van der Waals surface area contributed by atoms with E-state index >= 15 is 0 Å². The second-order valence-corrected chi connectivity index (χ2v) is 3.52. The van der Waals surface area contributed by atoms with Gasteiger partial charge in [0.15, 0.2) is 0 Å². The Balaban J connectivity index is 1.96. The molecule has 1 amide bonds. The highest BCUT2D eigenvalue weighted by Gasteiger charge is 2.16. The Bertz CT molecular complexity index is 188. The average Bonchev–Trinajstić information content (AvgIpc) is 2.25. The third-order valence-corrected chi connectivity index (χ3v) is 2.34. The van der Waals surface area contributed by atoms with E-state index in [2.05, 4.69) is 5.32 Å². The predicted octanol–water partition coefficient (Wildman–Crippen LogP) is -0.529. The zero-order valence-corrected chi connectivity index (χ0v) is 9.33. The summed E-state index contributed by atoms with van der Waals surface area (Å²) >= 11 is 0. The number of carbonyl (C=O) groups is 1. The van der Waals surface area contributed by atoms with Crippen LogP contribution in [0.25, 0.3) is 0 Å². The van der Waals surface area contributed by atoms with E-state index in [1.54, 1.807) is 7.11 Å². The predicted molar refractivity (Wildman–Crippen MR) is 56.8 cm³/mol. The second kappa shape index (κ2) is 7.62. The lowest BCUT2D eigenvalue weighted by molar-refractivity contribution is -0.132. The van der Waals surface area contributed by atoms with E-state index in [4.69, 9.17) is 9.47 Å². The third kappa shape index (κ3) is 5.11. The summed E-state index contributed by atoms with van der Waals surface area (Å²) in [5, 5.41) is 3.04. The van der Waals surface area contributed by atoms with Crippen molar-refractivity contribution in [2.45, 2.75) is 6.42 Å². The molecule has 0 spiro atoms. The molecule has 1 rings (SSSR count). The minimum absolute atomic E-state index is 0.193. The van der Waals surface area contributed by atoms with Gasteiger partial charge in [0, 0.05) is 33.4 Å². The molecule has 1 aliphatic rings. The quantitative estimate of drug-likeness (QED) is 0.581. The van der Waals surface area contributed by atoms with Crippen molar-refractivity contribution < 1.29 is 14.3 Å². The van der Waals surface area contributed by atoms with Crippen LogP contribution < -0.4 is 5.32 Å². The Morgan fingerprint density at radius 2 is 2.27 bits per heavy atom. The van der Waals surface area contributed by atoms with Gasteiger partial charge in [0.1, 0.15) is 0 Å². The van der Waals surface area contributed by atoms with Gasteiger partial charge in [-0.05, 0) is 6.42 Å². The maximum atomic E-state index is 11.4. The van der Waals surface area contributed by atoms with E-state index in [1.807, 2.05) is 4.90 Å². The summed E-state index contributed by atoms with van der Waals surface area (Å²) in [4.78, 5) is 13.2. The summed E-state index contributed by atoms with van der Waals surface area (Å²) in [5.41, 5.74) is 0. The molecule has 1 aliphatic heterocycles. The van der Waals surface area contributed by atoms with Crippen molar-refractivity contribution >= 4 is 5.91 Å². The average molecular weight is 216 g/mol. The van der Waals surface area contributed by atoms with E-state index < -0.39 is 0 Å². The lowest BCUT2D eigenvalue weighted by atomic mass is 10.3. The molecule has 0 atom stereocenters.